The molecule has 0 aliphatic heterocycles. The van der Waals surface area contributed by atoms with Crippen LogP contribution in [0.25, 0.3) is 0 Å². The van der Waals surface area contributed by atoms with Gasteiger partial charge in [-0.25, -0.2) is 13.1 Å². The molecule has 0 spiro atoms. The summed E-state index contributed by atoms with van der Waals surface area (Å²) < 4.78 is 32.3. The van der Waals surface area contributed by atoms with Gasteiger partial charge in [0.2, 0.25) is 10.0 Å². The highest BCUT2D eigenvalue weighted by Gasteiger charge is 2.19. The number of benzene rings is 2. The van der Waals surface area contributed by atoms with Gasteiger partial charge in [0.25, 0.3) is 0 Å². The van der Waals surface area contributed by atoms with Crippen molar-refractivity contribution in [1.29, 1.82) is 0 Å². The average Bonchev–Trinajstić information content (AvgIpc) is 2.50. The molecule has 8 heteroatoms. The minimum atomic E-state index is -3.73. The van der Waals surface area contributed by atoms with Crippen LogP contribution < -0.4 is 9.46 Å². The smallest absolute Gasteiger partial charge is 0.244 e. The van der Waals surface area contributed by atoms with Crippen molar-refractivity contribution in [2.75, 3.05) is 13.7 Å². The topological polar surface area (TPSA) is 55.4 Å². The molecule has 4 nitrogen and oxygen atoms in total. The number of halogens is 3. The molecule has 23 heavy (non-hydrogen) atoms. The Hall–Kier alpha value is -0.980. The summed E-state index contributed by atoms with van der Waals surface area (Å²) in [5, 5.41) is 1.21. The number of methoxy groups -OCH3 is 1. The van der Waals surface area contributed by atoms with Gasteiger partial charge < -0.3 is 4.74 Å². The second-order valence-corrected chi connectivity index (χ2v) is 7.68. The van der Waals surface area contributed by atoms with E-state index in [0.717, 1.165) is 5.56 Å². The van der Waals surface area contributed by atoms with E-state index >= 15 is 0 Å². The lowest BCUT2D eigenvalue weighted by Crippen LogP contribution is -2.26. The maximum Gasteiger partial charge on any atom is 0.244 e. The van der Waals surface area contributed by atoms with Gasteiger partial charge in [0, 0.05) is 11.6 Å². The van der Waals surface area contributed by atoms with Gasteiger partial charge in [0.1, 0.15) is 10.6 Å². The van der Waals surface area contributed by atoms with Crippen LogP contribution in [0.5, 0.6) is 5.75 Å². The molecule has 0 bridgehead atoms. The number of rotatable bonds is 6. The number of ether oxygens (including phenoxy) is 1. The van der Waals surface area contributed by atoms with Gasteiger partial charge in [-0.15, -0.1) is 0 Å². The maximum absolute atomic E-state index is 12.4. The van der Waals surface area contributed by atoms with E-state index in [1.54, 1.807) is 24.3 Å². The molecular formula is C15H14Cl3NO3S. The monoisotopic (exact) mass is 393 g/mol. The van der Waals surface area contributed by atoms with Crippen molar-refractivity contribution in [3.63, 3.8) is 0 Å². The average molecular weight is 395 g/mol. The van der Waals surface area contributed by atoms with Gasteiger partial charge in [-0.3, -0.25) is 0 Å². The summed E-state index contributed by atoms with van der Waals surface area (Å²) in [6, 6.07) is 9.60. The predicted molar refractivity (Wildman–Crippen MR) is 93.4 cm³/mol. The molecule has 0 aromatic heterocycles. The molecule has 0 unspecified atom stereocenters. The van der Waals surface area contributed by atoms with E-state index in [9.17, 15) is 8.42 Å². The number of sulfonamides is 1. The lowest BCUT2D eigenvalue weighted by atomic mass is 10.1. The fourth-order valence-electron chi connectivity index (χ4n) is 1.96. The summed E-state index contributed by atoms with van der Waals surface area (Å²) >= 11 is 17.6. The summed E-state index contributed by atoms with van der Waals surface area (Å²) in [6.45, 7) is 0.204. The van der Waals surface area contributed by atoms with Gasteiger partial charge in [-0.1, -0.05) is 40.9 Å². The molecule has 2 aromatic carbocycles. The van der Waals surface area contributed by atoms with E-state index in [0.29, 0.717) is 21.5 Å². The van der Waals surface area contributed by atoms with Crippen molar-refractivity contribution in [3.05, 3.63) is 57.0 Å². The lowest BCUT2D eigenvalue weighted by molar-refractivity contribution is 0.402. The summed E-state index contributed by atoms with van der Waals surface area (Å²) in [7, 11) is -2.33. The zero-order valence-electron chi connectivity index (χ0n) is 12.1. The van der Waals surface area contributed by atoms with Crippen LogP contribution in [0.3, 0.4) is 0 Å². The molecule has 0 amide bonds. The van der Waals surface area contributed by atoms with Crippen molar-refractivity contribution in [2.45, 2.75) is 11.3 Å². The molecule has 0 fully saturated rings. The highest BCUT2D eigenvalue weighted by molar-refractivity contribution is 7.89. The van der Waals surface area contributed by atoms with Crippen LogP contribution >= 0.6 is 34.8 Å². The molecule has 124 valence electrons. The fourth-order valence-corrected chi connectivity index (χ4v) is 3.75. The van der Waals surface area contributed by atoms with E-state index in [-0.39, 0.29) is 17.2 Å². The molecule has 1 N–H and O–H groups in total. The maximum atomic E-state index is 12.4. The van der Waals surface area contributed by atoms with Crippen molar-refractivity contribution >= 4 is 44.8 Å². The summed E-state index contributed by atoms with van der Waals surface area (Å²) in [6.07, 6.45) is 0.471. The number of nitrogens with one attached hydrogen (secondary N) is 1. The van der Waals surface area contributed by atoms with Crippen LogP contribution in [0.1, 0.15) is 5.56 Å². The molecule has 0 saturated carbocycles. The Morgan fingerprint density at radius 3 is 2.43 bits per heavy atom. The van der Waals surface area contributed by atoms with Crippen molar-refractivity contribution in [3.8, 4) is 5.75 Å². The highest BCUT2D eigenvalue weighted by Crippen LogP contribution is 2.27. The standard InChI is InChI=1S/C15H14Cl3NO3S/c1-22-14-5-3-11(16)9-15(14)23(20,21)19-7-6-10-2-4-12(17)13(18)8-10/h2-5,8-9,19H,6-7H2,1H3. The van der Waals surface area contributed by atoms with Crippen molar-refractivity contribution < 1.29 is 13.2 Å². The minimum absolute atomic E-state index is 0.00152. The number of hydrogen-bond donors (Lipinski definition) is 1. The van der Waals surface area contributed by atoms with Crippen LogP contribution in [0.2, 0.25) is 15.1 Å². The molecule has 0 radical (unpaired) electrons. The Balaban J connectivity index is 2.10. The first kappa shape index (κ1) is 18.4. The third-order valence-electron chi connectivity index (χ3n) is 3.10. The van der Waals surface area contributed by atoms with E-state index < -0.39 is 10.0 Å². The van der Waals surface area contributed by atoms with Gasteiger partial charge >= 0.3 is 0 Å². The summed E-state index contributed by atoms with van der Waals surface area (Å²) in [5.41, 5.74) is 0.875. The van der Waals surface area contributed by atoms with Crippen LogP contribution in [-0.4, -0.2) is 22.1 Å². The summed E-state index contributed by atoms with van der Waals surface area (Å²) in [5.74, 6) is 0.233. The van der Waals surface area contributed by atoms with E-state index in [1.165, 1.54) is 19.2 Å². The van der Waals surface area contributed by atoms with E-state index in [4.69, 9.17) is 39.5 Å². The fraction of sp³-hybridized carbons (Fsp3) is 0.200. The Kier molecular flexibility index (Phi) is 6.17. The Labute approximate surface area is 150 Å². The first-order valence-corrected chi connectivity index (χ1v) is 9.22. The minimum Gasteiger partial charge on any atom is -0.495 e. The number of hydrogen-bond acceptors (Lipinski definition) is 3. The zero-order chi connectivity index (χ0) is 17.0. The molecule has 0 atom stereocenters. The molecule has 0 heterocycles. The Morgan fingerprint density at radius 2 is 1.78 bits per heavy atom. The SMILES string of the molecule is COc1ccc(Cl)cc1S(=O)(=O)NCCc1ccc(Cl)c(Cl)c1. The third kappa shape index (κ3) is 4.75. The third-order valence-corrected chi connectivity index (χ3v) is 5.56. The molecule has 2 rings (SSSR count). The van der Waals surface area contributed by atoms with Gasteiger partial charge in [-0.2, -0.15) is 0 Å². The van der Waals surface area contributed by atoms with Crippen LogP contribution in [0.4, 0.5) is 0 Å². The first-order chi connectivity index (χ1) is 10.8. The molecule has 2 aromatic rings. The first-order valence-electron chi connectivity index (χ1n) is 6.60. The molecule has 0 saturated heterocycles. The molecule has 0 aliphatic carbocycles. The van der Waals surface area contributed by atoms with E-state index in [1.807, 2.05) is 0 Å². The highest BCUT2D eigenvalue weighted by atomic mass is 35.5. The van der Waals surface area contributed by atoms with E-state index in [2.05, 4.69) is 4.72 Å². The Morgan fingerprint density at radius 1 is 1.04 bits per heavy atom. The lowest BCUT2D eigenvalue weighted by Gasteiger charge is -2.11. The predicted octanol–water partition coefficient (Wildman–Crippen LogP) is 4.18. The Bertz CT molecular complexity index is 810. The largest absolute Gasteiger partial charge is 0.495 e. The second kappa shape index (κ2) is 7.73. The van der Waals surface area contributed by atoms with Crippen LogP contribution in [0, 0.1) is 0 Å². The van der Waals surface area contributed by atoms with Gasteiger partial charge in [-0.05, 0) is 42.3 Å². The normalized spacial score (nSPS) is 11.5. The van der Waals surface area contributed by atoms with Crippen LogP contribution in [0.15, 0.2) is 41.3 Å². The van der Waals surface area contributed by atoms with Crippen molar-refractivity contribution in [2.24, 2.45) is 0 Å². The van der Waals surface area contributed by atoms with Crippen LogP contribution in [-0.2, 0) is 16.4 Å². The van der Waals surface area contributed by atoms with Gasteiger partial charge in [0.15, 0.2) is 0 Å². The second-order valence-electron chi connectivity index (χ2n) is 4.69. The summed E-state index contributed by atoms with van der Waals surface area (Å²) in [4.78, 5) is 0.00152. The zero-order valence-corrected chi connectivity index (χ0v) is 15.2. The molecular weight excluding hydrogens is 381 g/mol. The molecule has 0 aliphatic rings. The van der Waals surface area contributed by atoms with Gasteiger partial charge in [0.05, 0.1) is 17.2 Å². The van der Waals surface area contributed by atoms with Crippen molar-refractivity contribution in [1.82, 2.24) is 4.72 Å². The quantitative estimate of drug-likeness (QED) is 0.800.